The van der Waals surface area contributed by atoms with Crippen LogP contribution in [0.15, 0.2) is 24.3 Å². The molecule has 9 nitrogen and oxygen atoms in total. The Kier molecular flexibility index (Phi) is 7.04. The van der Waals surface area contributed by atoms with Crippen LogP contribution in [0.1, 0.15) is 54.3 Å². The van der Waals surface area contributed by atoms with Crippen LogP contribution in [0.5, 0.6) is 5.75 Å². The summed E-state index contributed by atoms with van der Waals surface area (Å²) in [5.74, 6) is -1.08. The molecule has 2 rings (SSSR count). The number of carbonyl (C=O) groups is 3. The van der Waals surface area contributed by atoms with E-state index in [1.807, 2.05) is 27.7 Å². The lowest BCUT2D eigenvalue weighted by Crippen LogP contribution is -2.54. The van der Waals surface area contributed by atoms with Gasteiger partial charge in [-0.3, -0.25) is 19.3 Å². The monoisotopic (exact) mass is 433 g/mol. The van der Waals surface area contributed by atoms with Crippen LogP contribution in [-0.2, 0) is 4.79 Å². The smallest absolute Gasteiger partial charge is 0.272 e. The van der Waals surface area contributed by atoms with Gasteiger partial charge in [-0.1, -0.05) is 6.92 Å². The number of benzene rings is 1. The third-order valence-electron chi connectivity index (χ3n) is 4.22. The number of ether oxygens (including phenoxy) is 1. The highest BCUT2D eigenvalue weighted by atomic mass is 32.1. The summed E-state index contributed by atoms with van der Waals surface area (Å²) in [7, 11) is 1.53. The molecule has 0 unspecified atom stereocenters. The van der Waals surface area contributed by atoms with Gasteiger partial charge in [0.25, 0.3) is 11.8 Å². The van der Waals surface area contributed by atoms with Gasteiger partial charge in [0.15, 0.2) is 5.69 Å². The predicted molar refractivity (Wildman–Crippen MR) is 117 cm³/mol. The first-order valence-corrected chi connectivity index (χ1v) is 10.1. The van der Waals surface area contributed by atoms with E-state index in [9.17, 15) is 14.4 Å². The van der Waals surface area contributed by atoms with Crippen molar-refractivity contribution in [2.75, 3.05) is 17.7 Å². The van der Waals surface area contributed by atoms with E-state index in [0.29, 0.717) is 17.9 Å². The van der Waals surface area contributed by atoms with Gasteiger partial charge in [-0.25, -0.2) is 0 Å². The highest BCUT2D eigenvalue weighted by molar-refractivity contribution is 7.09. The zero-order valence-corrected chi connectivity index (χ0v) is 18.5. The molecule has 0 radical (unpaired) electrons. The molecule has 0 aliphatic heterocycles. The van der Waals surface area contributed by atoms with Gasteiger partial charge in [-0.05, 0) is 63.0 Å². The minimum atomic E-state index is -0.823. The standard InChI is InChI=1S/C20H27N5O4S/c1-6-13(18(27)23-20(2,3)4)25(11-7-9-12(29-5)10-8-11)19(28)16-14(21)15(17(22)26)24-30-16/h7-10,13H,6,21H2,1-5H3,(H2,22,26)(H,23,27)/t13-/m1/s1. The minimum absolute atomic E-state index is 0.0432. The molecule has 5 N–H and O–H groups in total. The number of aromatic nitrogens is 1. The maximum atomic E-state index is 13.5. The van der Waals surface area contributed by atoms with Gasteiger partial charge < -0.3 is 21.5 Å². The van der Waals surface area contributed by atoms with Gasteiger partial charge in [0.2, 0.25) is 5.91 Å². The highest BCUT2D eigenvalue weighted by Crippen LogP contribution is 2.29. The normalized spacial score (nSPS) is 12.2. The van der Waals surface area contributed by atoms with Crippen molar-refractivity contribution in [3.8, 4) is 5.75 Å². The molecule has 0 saturated heterocycles. The Morgan fingerprint density at radius 3 is 2.27 bits per heavy atom. The van der Waals surface area contributed by atoms with Crippen molar-refractivity contribution >= 4 is 40.6 Å². The number of amides is 3. The topological polar surface area (TPSA) is 141 Å². The molecule has 0 aliphatic carbocycles. The molecular formula is C20H27N5O4S. The van der Waals surface area contributed by atoms with E-state index >= 15 is 0 Å². The number of carbonyl (C=O) groups excluding carboxylic acids is 3. The van der Waals surface area contributed by atoms with Gasteiger partial charge in [0.05, 0.1) is 12.8 Å². The van der Waals surface area contributed by atoms with Crippen molar-refractivity contribution in [2.45, 2.75) is 45.7 Å². The number of nitrogen functional groups attached to an aromatic ring is 1. The van der Waals surface area contributed by atoms with Crippen LogP contribution >= 0.6 is 11.5 Å². The lowest BCUT2D eigenvalue weighted by molar-refractivity contribution is -0.123. The molecule has 1 heterocycles. The molecule has 3 amide bonds. The number of hydrogen-bond donors (Lipinski definition) is 3. The fourth-order valence-corrected chi connectivity index (χ4v) is 3.60. The molecule has 0 fully saturated rings. The molecule has 10 heteroatoms. The van der Waals surface area contributed by atoms with Crippen molar-refractivity contribution in [3.63, 3.8) is 0 Å². The summed E-state index contributed by atoms with van der Waals surface area (Å²) in [4.78, 5) is 39.4. The molecule has 1 atom stereocenters. The van der Waals surface area contributed by atoms with E-state index in [4.69, 9.17) is 16.2 Å². The minimum Gasteiger partial charge on any atom is -0.497 e. The largest absolute Gasteiger partial charge is 0.497 e. The number of rotatable bonds is 7. The third kappa shape index (κ3) is 5.07. The van der Waals surface area contributed by atoms with E-state index in [1.165, 1.54) is 12.0 Å². The average Bonchev–Trinajstić information content (AvgIpc) is 3.05. The fourth-order valence-electron chi connectivity index (χ4n) is 2.86. The molecule has 1 aromatic heterocycles. The summed E-state index contributed by atoms with van der Waals surface area (Å²) in [5.41, 5.74) is 11.0. The molecule has 1 aromatic carbocycles. The molecule has 30 heavy (non-hydrogen) atoms. The second kappa shape index (κ2) is 9.12. The maximum Gasteiger partial charge on any atom is 0.272 e. The highest BCUT2D eigenvalue weighted by Gasteiger charge is 2.35. The maximum absolute atomic E-state index is 13.5. The first-order chi connectivity index (χ1) is 14.0. The number of nitrogens with one attached hydrogen (secondary N) is 1. The lowest BCUT2D eigenvalue weighted by atomic mass is 10.1. The Morgan fingerprint density at radius 1 is 1.23 bits per heavy atom. The molecule has 2 aromatic rings. The molecule has 0 saturated carbocycles. The Bertz CT molecular complexity index is 934. The molecule has 0 bridgehead atoms. The van der Waals surface area contributed by atoms with E-state index in [-0.39, 0.29) is 22.2 Å². The van der Waals surface area contributed by atoms with E-state index in [1.54, 1.807) is 24.3 Å². The summed E-state index contributed by atoms with van der Waals surface area (Å²) in [5, 5.41) is 2.91. The summed E-state index contributed by atoms with van der Waals surface area (Å²) in [6.45, 7) is 7.38. The summed E-state index contributed by atoms with van der Waals surface area (Å²) >= 11 is 0.773. The lowest BCUT2D eigenvalue weighted by Gasteiger charge is -2.32. The van der Waals surface area contributed by atoms with Crippen LogP contribution in [0, 0.1) is 0 Å². The van der Waals surface area contributed by atoms with Crippen LogP contribution in [0.4, 0.5) is 11.4 Å². The Balaban J connectivity index is 2.55. The van der Waals surface area contributed by atoms with Crippen LogP contribution in [0.25, 0.3) is 0 Å². The molecule has 0 spiro atoms. The van der Waals surface area contributed by atoms with Gasteiger partial charge in [-0.15, -0.1) is 0 Å². The average molecular weight is 434 g/mol. The van der Waals surface area contributed by atoms with Crippen LogP contribution in [0.3, 0.4) is 0 Å². The summed E-state index contributed by atoms with van der Waals surface area (Å²) in [6.07, 6.45) is 0.348. The SMILES string of the molecule is CC[C@H](C(=O)NC(C)(C)C)N(C(=O)c1snc(C(N)=O)c1N)c1ccc(OC)cc1. The second-order valence-corrected chi connectivity index (χ2v) is 8.45. The van der Waals surface area contributed by atoms with Crippen LogP contribution in [0.2, 0.25) is 0 Å². The van der Waals surface area contributed by atoms with Crippen molar-refractivity contribution in [1.29, 1.82) is 0 Å². The van der Waals surface area contributed by atoms with Crippen molar-refractivity contribution in [2.24, 2.45) is 5.73 Å². The third-order valence-corrected chi connectivity index (χ3v) is 5.08. The number of nitrogens with zero attached hydrogens (tertiary/aromatic N) is 2. The zero-order valence-electron chi connectivity index (χ0n) is 17.7. The van der Waals surface area contributed by atoms with Crippen LogP contribution < -0.4 is 26.4 Å². The summed E-state index contributed by atoms with van der Waals surface area (Å²) < 4.78 is 9.08. The van der Waals surface area contributed by atoms with Crippen LogP contribution in [-0.4, -0.2) is 40.8 Å². The van der Waals surface area contributed by atoms with E-state index in [0.717, 1.165) is 11.5 Å². The van der Waals surface area contributed by atoms with Gasteiger partial charge in [0.1, 0.15) is 16.7 Å². The first kappa shape index (κ1) is 23.1. The quantitative estimate of drug-likeness (QED) is 0.611. The molecular weight excluding hydrogens is 406 g/mol. The van der Waals surface area contributed by atoms with E-state index in [2.05, 4.69) is 9.69 Å². The Hall–Kier alpha value is -3.14. The van der Waals surface area contributed by atoms with E-state index < -0.39 is 23.4 Å². The van der Waals surface area contributed by atoms with Gasteiger partial charge >= 0.3 is 0 Å². The molecule has 0 aliphatic rings. The molecule has 162 valence electrons. The first-order valence-electron chi connectivity index (χ1n) is 9.34. The fraction of sp³-hybridized carbons (Fsp3) is 0.400. The summed E-state index contributed by atoms with van der Waals surface area (Å²) in [6, 6.07) is 5.92. The van der Waals surface area contributed by atoms with Crippen molar-refractivity contribution in [3.05, 3.63) is 34.8 Å². The Labute approximate surface area is 179 Å². The number of hydrogen-bond acceptors (Lipinski definition) is 7. The second-order valence-electron chi connectivity index (χ2n) is 7.67. The van der Waals surface area contributed by atoms with Crippen molar-refractivity contribution in [1.82, 2.24) is 9.69 Å². The number of methoxy groups -OCH3 is 1. The van der Waals surface area contributed by atoms with Gasteiger partial charge in [0, 0.05) is 11.2 Å². The number of anilines is 2. The van der Waals surface area contributed by atoms with Gasteiger partial charge in [-0.2, -0.15) is 4.37 Å². The number of nitrogens with two attached hydrogens (primary N) is 2. The predicted octanol–water partition coefficient (Wildman–Crippen LogP) is 2.17. The number of primary amides is 1. The Morgan fingerprint density at radius 2 is 1.83 bits per heavy atom. The zero-order chi connectivity index (χ0) is 22.6. The van der Waals surface area contributed by atoms with Crippen molar-refractivity contribution < 1.29 is 19.1 Å².